The van der Waals surface area contributed by atoms with Crippen LogP contribution in [0.2, 0.25) is 0 Å². The van der Waals surface area contributed by atoms with E-state index in [4.69, 9.17) is 0 Å². The smallest absolute Gasteiger partial charge is 0 e. The minimum Gasteiger partial charge on any atom is 0 e. The van der Waals surface area contributed by atoms with Gasteiger partial charge in [0.25, 0.3) is 0 Å². The monoisotopic (exact) mass is 453 g/mol. The third-order valence-corrected chi connectivity index (χ3v) is 0. The van der Waals surface area contributed by atoms with E-state index in [1.54, 1.807) is 0 Å². The molecule has 6 heavy (non-hydrogen) atoms. The fourth-order valence-electron chi connectivity index (χ4n) is 0. The van der Waals surface area contributed by atoms with Crippen LogP contribution in [0.15, 0.2) is 0 Å². The zero-order chi connectivity index (χ0) is 0. The maximum atomic E-state index is 0. The minimum atomic E-state index is 0. The zero-order valence-electron chi connectivity index (χ0n) is 3.53. The molecule has 38 valence electrons. The molecule has 0 saturated carbocycles. The van der Waals surface area contributed by atoms with Crippen LogP contribution in [0.5, 0.6) is 0 Å². The van der Waals surface area contributed by atoms with Gasteiger partial charge in [-0.2, -0.15) is 0 Å². The summed E-state index contributed by atoms with van der Waals surface area (Å²) < 4.78 is 0. The molecule has 0 aliphatic heterocycles. The Balaban J connectivity index is 0. The van der Waals surface area contributed by atoms with Gasteiger partial charge in [0.2, 0.25) is 0 Å². The van der Waals surface area contributed by atoms with E-state index < -0.39 is 0 Å². The quantitative estimate of drug-likeness (QED) is 0.456. The number of hydrogen-bond donors (Lipinski definition) is 0. The third-order valence-electron chi connectivity index (χ3n) is 0. The minimum absolute atomic E-state index is 0. The summed E-state index contributed by atoms with van der Waals surface area (Å²) in [7, 11) is 0. The first-order chi connectivity index (χ1) is 0. The molecule has 0 N–H and O–H groups in total. The van der Waals surface area contributed by atoms with Crippen molar-refractivity contribution in [2.24, 2.45) is 0 Å². The second kappa shape index (κ2) is 33.8. The van der Waals surface area contributed by atoms with Gasteiger partial charge in [-0.3, -0.25) is 0 Å². The first-order valence-corrected chi connectivity index (χ1v) is 0. The summed E-state index contributed by atoms with van der Waals surface area (Å²) in [6, 6.07) is 0. The molecule has 2 radical (unpaired) electrons. The average molecular weight is 455 g/mol. The van der Waals surface area contributed by atoms with Crippen molar-refractivity contribution in [1.82, 2.24) is 0 Å². The van der Waals surface area contributed by atoms with Crippen molar-refractivity contribution in [3.63, 3.8) is 0 Å². The Hall–Kier alpha value is 4.53. The van der Waals surface area contributed by atoms with Crippen LogP contribution in [0.1, 0.15) is 1.43 Å². The molecule has 0 saturated heterocycles. The standard InChI is InChI=1S/Ce.Cu.Fe.Mn.Ti.Zr/p+1. The van der Waals surface area contributed by atoms with E-state index in [1.165, 1.54) is 0 Å². The predicted molar refractivity (Wildman–Crippen MR) is 1.11 cm³/mol. The molecule has 0 spiro atoms. The molecule has 0 bridgehead atoms. The van der Waals surface area contributed by atoms with Gasteiger partial charge < -0.3 is 0 Å². The second-order valence-electron chi connectivity index (χ2n) is 0. The number of rotatable bonds is 0. The van der Waals surface area contributed by atoms with Crippen molar-refractivity contribution in [2.45, 2.75) is 0 Å². The summed E-state index contributed by atoms with van der Waals surface area (Å²) in [5.74, 6) is 0. The van der Waals surface area contributed by atoms with E-state index in [9.17, 15) is 0 Å². The Labute approximate surface area is 139 Å². The van der Waals surface area contributed by atoms with E-state index >= 15 is 0 Å². The second-order valence-corrected chi connectivity index (χ2v) is 0. The van der Waals surface area contributed by atoms with Crippen molar-refractivity contribution in [3.8, 4) is 0 Å². The fourth-order valence-corrected chi connectivity index (χ4v) is 0. The molecule has 0 fully saturated rings. The summed E-state index contributed by atoms with van der Waals surface area (Å²) in [5, 5.41) is 0. The van der Waals surface area contributed by atoms with Gasteiger partial charge in [0.1, 0.15) is 0 Å². The summed E-state index contributed by atoms with van der Waals surface area (Å²) in [4.78, 5) is 0. The molecule has 0 amide bonds. The van der Waals surface area contributed by atoms with Crippen molar-refractivity contribution < 1.29 is 142 Å². The third kappa shape index (κ3) is 23.6. The molecule has 0 unspecified atom stereocenters. The SMILES string of the molecule is [Ce].[Cu].[Fe].[H+].[Mn].[Ti].[Zr]. The van der Waals surface area contributed by atoms with E-state index in [0.29, 0.717) is 0 Å². The van der Waals surface area contributed by atoms with E-state index in [2.05, 4.69) is 0 Å². The van der Waals surface area contributed by atoms with Gasteiger partial charge in [-0.25, -0.2) is 0 Å². The molecule has 0 aromatic rings. The normalized spacial score (nSPS) is 0. The van der Waals surface area contributed by atoms with Gasteiger partial charge in [0.15, 0.2) is 0 Å². The Kier molecular flexibility index (Phi) is 262. The molecule has 0 aromatic heterocycles. The van der Waals surface area contributed by atoms with E-state index in [-0.39, 0.29) is 142 Å². The Morgan fingerprint density at radius 3 is 1.17 bits per heavy atom. The van der Waals surface area contributed by atoms with Gasteiger partial charge in [-0.05, 0) is 0 Å². The zero-order valence-corrected chi connectivity index (χ0v) is 12.9. The summed E-state index contributed by atoms with van der Waals surface area (Å²) in [5.41, 5.74) is 0. The van der Waals surface area contributed by atoms with Gasteiger partial charge in [-0.15, -0.1) is 0 Å². The maximum absolute atomic E-state index is 0. The summed E-state index contributed by atoms with van der Waals surface area (Å²) in [6.45, 7) is 0. The Morgan fingerprint density at radius 1 is 1.17 bits per heavy atom. The van der Waals surface area contributed by atoms with Crippen LogP contribution >= 0.6 is 0 Å². The molecular formula is HCeCuFeMnTiZr+. The molecule has 0 rings (SSSR count). The Bertz CT molecular complexity index is 19.7. The topological polar surface area (TPSA) is 0 Å². The van der Waals surface area contributed by atoms with E-state index in [0.717, 1.165) is 0 Å². The van der Waals surface area contributed by atoms with Crippen molar-refractivity contribution >= 4 is 0 Å². The van der Waals surface area contributed by atoms with Gasteiger partial charge in [0.05, 0.1) is 0 Å². The van der Waals surface area contributed by atoms with Crippen LogP contribution in [0.4, 0.5) is 0 Å². The summed E-state index contributed by atoms with van der Waals surface area (Å²) in [6.07, 6.45) is 0. The van der Waals surface area contributed by atoms with Gasteiger partial charge >= 0.3 is 1.43 Å². The van der Waals surface area contributed by atoms with Crippen LogP contribution < -0.4 is 0 Å². The predicted octanol–water partition coefficient (Wildman–Crippen LogP) is 0.100. The van der Waals surface area contributed by atoms with Gasteiger partial charge in [-0.1, -0.05) is 0 Å². The first-order valence-electron chi connectivity index (χ1n) is 0. The molecule has 0 aliphatic carbocycles. The molecule has 0 heterocycles. The van der Waals surface area contributed by atoms with Crippen LogP contribution in [-0.4, -0.2) is 0 Å². The molecule has 0 atom stereocenters. The van der Waals surface area contributed by atoms with Crippen LogP contribution in [0, 0.1) is 41.7 Å². The van der Waals surface area contributed by atoms with Gasteiger partial charge in [0, 0.05) is 141 Å². The van der Waals surface area contributed by atoms with Crippen LogP contribution in [0.3, 0.4) is 0 Å². The maximum Gasteiger partial charge on any atom is 1.00 e. The van der Waals surface area contributed by atoms with Crippen molar-refractivity contribution in [1.29, 1.82) is 0 Å². The fraction of sp³-hybridized carbons (Fsp3) is 0. The Morgan fingerprint density at radius 2 is 1.17 bits per heavy atom. The van der Waals surface area contributed by atoms with Crippen molar-refractivity contribution in [2.75, 3.05) is 0 Å². The molecular weight excluding hydrogens is 454 g/mol. The van der Waals surface area contributed by atoms with E-state index in [1.807, 2.05) is 0 Å². The molecule has 0 nitrogen and oxygen atoms in total. The van der Waals surface area contributed by atoms with Crippen LogP contribution in [-0.2, 0) is 99.1 Å². The van der Waals surface area contributed by atoms with Crippen molar-refractivity contribution in [3.05, 3.63) is 0 Å². The first kappa shape index (κ1) is 46.6. The summed E-state index contributed by atoms with van der Waals surface area (Å²) >= 11 is 0. The largest absolute Gasteiger partial charge is 1.00 e. The molecule has 6 heteroatoms. The average Bonchev–Trinajstić information content (AvgIpc) is 0. The van der Waals surface area contributed by atoms with Crippen LogP contribution in [0.25, 0.3) is 0 Å². The molecule has 0 aromatic carbocycles. The number of hydrogen-bond acceptors (Lipinski definition) is 0. The molecule has 0 aliphatic rings.